The summed E-state index contributed by atoms with van der Waals surface area (Å²) in [7, 11) is 1.60. The van der Waals surface area contributed by atoms with Crippen LogP contribution >= 0.6 is 0 Å². The van der Waals surface area contributed by atoms with Gasteiger partial charge in [0.2, 0.25) is 5.82 Å². The van der Waals surface area contributed by atoms with Crippen molar-refractivity contribution in [3.8, 4) is 17.1 Å². The molecule has 3 rings (SSSR count). The van der Waals surface area contributed by atoms with Crippen molar-refractivity contribution in [3.05, 3.63) is 52.8 Å². The molecule has 0 aliphatic rings. The molecule has 0 spiro atoms. The first-order valence-electron chi connectivity index (χ1n) is 7.70. The number of carbonyl (C=O) groups is 1. The van der Waals surface area contributed by atoms with Gasteiger partial charge in [-0.2, -0.15) is 4.98 Å². The van der Waals surface area contributed by atoms with Crippen molar-refractivity contribution in [1.29, 1.82) is 0 Å². The van der Waals surface area contributed by atoms with Crippen molar-refractivity contribution in [2.24, 2.45) is 0 Å². The van der Waals surface area contributed by atoms with Gasteiger partial charge in [0.1, 0.15) is 22.8 Å². The van der Waals surface area contributed by atoms with E-state index in [2.05, 4.69) is 10.1 Å². The van der Waals surface area contributed by atoms with Crippen LogP contribution in [0.1, 0.15) is 33.3 Å². The van der Waals surface area contributed by atoms with E-state index in [1.54, 1.807) is 33.1 Å². The summed E-state index contributed by atoms with van der Waals surface area (Å²) in [5.41, 5.74) is 1.98. The first kappa shape index (κ1) is 16.8. The van der Waals surface area contributed by atoms with Crippen LogP contribution in [0.3, 0.4) is 0 Å². The number of ether oxygens (including phenoxy) is 2. The minimum absolute atomic E-state index is 0.106. The predicted molar refractivity (Wildman–Crippen MR) is 88.3 cm³/mol. The van der Waals surface area contributed by atoms with E-state index in [1.807, 2.05) is 19.1 Å². The van der Waals surface area contributed by atoms with Gasteiger partial charge in [0.25, 0.3) is 5.89 Å². The number of nitrogens with zero attached hydrogens (tertiary/aromatic N) is 2. The standard InChI is InChI=1S/C18H18N2O5/c1-10-11(2)24-12(3)16(10)18(21)23-9-15-19-17(20-25-15)13-5-7-14(22-4)8-6-13/h5-8H,9H2,1-4H3. The Hall–Kier alpha value is -3.09. The molecule has 1 aromatic carbocycles. The molecular weight excluding hydrogens is 324 g/mol. The number of rotatable bonds is 5. The normalized spacial score (nSPS) is 10.7. The van der Waals surface area contributed by atoms with Crippen LogP contribution < -0.4 is 4.74 Å². The first-order valence-corrected chi connectivity index (χ1v) is 7.70. The summed E-state index contributed by atoms with van der Waals surface area (Å²) < 4.78 is 20.9. The molecule has 0 atom stereocenters. The quantitative estimate of drug-likeness (QED) is 0.654. The van der Waals surface area contributed by atoms with Crippen LogP contribution in [-0.2, 0) is 11.3 Å². The van der Waals surface area contributed by atoms with E-state index in [0.717, 1.165) is 16.9 Å². The summed E-state index contributed by atoms with van der Waals surface area (Å²) >= 11 is 0. The van der Waals surface area contributed by atoms with Crippen molar-refractivity contribution in [3.63, 3.8) is 0 Å². The number of aryl methyl sites for hydroxylation is 2. The second kappa shape index (κ2) is 6.80. The summed E-state index contributed by atoms with van der Waals surface area (Å²) in [6.45, 7) is 5.24. The third-order valence-electron chi connectivity index (χ3n) is 3.91. The van der Waals surface area contributed by atoms with E-state index in [1.165, 1.54) is 0 Å². The largest absolute Gasteiger partial charge is 0.497 e. The fourth-order valence-corrected chi connectivity index (χ4v) is 2.46. The predicted octanol–water partition coefficient (Wildman–Crippen LogP) is 3.62. The summed E-state index contributed by atoms with van der Waals surface area (Å²) in [6, 6.07) is 7.25. The number of hydrogen-bond donors (Lipinski definition) is 0. The summed E-state index contributed by atoms with van der Waals surface area (Å²) in [4.78, 5) is 16.5. The number of furan rings is 1. The number of carbonyl (C=O) groups excluding carboxylic acids is 1. The van der Waals surface area contributed by atoms with E-state index in [0.29, 0.717) is 22.9 Å². The van der Waals surface area contributed by atoms with E-state index in [4.69, 9.17) is 18.4 Å². The van der Waals surface area contributed by atoms with Crippen LogP contribution in [0.2, 0.25) is 0 Å². The first-order chi connectivity index (χ1) is 12.0. The molecule has 0 aliphatic carbocycles. The molecule has 0 amide bonds. The molecule has 3 aromatic rings. The lowest BCUT2D eigenvalue weighted by atomic mass is 10.1. The third-order valence-corrected chi connectivity index (χ3v) is 3.91. The highest BCUT2D eigenvalue weighted by molar-refractivity contribution is 5.92. The molecule has 0 unspecified atom stereocenters. The highest BCUT2D eigenvalue weighted by Gasteiger charge is 2.21. The molecule has 0 fully saturated rings. The second-order valence-electron chi connectivity index (χ2n) is 5.53. The lowest BCUT2D eigenvalue weighted by molar-refractivity contribution is 0.0427. The number of aromatic nitrogens is 2. The average Bonchev–Trinajstić information content (AvgIpc) is 3.18. The lowest BCUT2D eigenvalue weighted by Crippen LogP contribution is -2.07. The van der Waals surface area contributed by atoms with Gasteiger partial charge in [0, 0.05) is 11.1 Å². The van der Waals surface area contributed by atoms with Crippen LogP contribution in [0.4, 0.5) is 0 Å². The molecule has 25 heavy (non-hydrogen) atoms. The topological polar surface area (TPSA) is 87.6 Å². The Morgan fingerprint density at radius 1 is 1.12 bits per heavy atom. The zero-order valence-corrected chi connectivity index (χ0v) is 14.5. The van der Waals surface area contributed by atoms with Crippen molar-refractivity contribution in [1.82, 2.24) is 10.1 Å². The van der Waals surface area contributed by atoms with E-state index in [9.17, 15) is 4.79 Å². The Bertz CT molecular complexity index is 893. The van der Waals surface area contributed by atoms with Gasteiger partial charge in [-0.1, -0.05) is 5.16 Å². The van der Waals surface area contributed by atoms with Crippen molar-refractivity contribution in [2.75, 3.05) is 7.11 Å². The molecule has 2 aromatic heterocycles. The van der Waals surface area contributed by atoms with Crippen LogP contribution in [0.25, 0.3) is 11.4 Å². The highest BCUT2D eigenvalue weighted by atomic mass is 16.6. The molecule has 0 aliphatic heterocycles. The van der Waals surface area contributed by atoms with Gasteiger partial charge in [-0.05, 0) is 45.0 Å². The van der Waals surface area contributed by atoms with Crippen LogP contribution in [-0.4, -0.2) is 23.2 Å². The second-order valence-corrected chi connectivity index (χ2v) is 5.53. The highest BCUT2D eigenvalue weighted by Crippen LogP contribution is 2.23. The van der Waals surface area contributed by atoms with Gasteiger partial charge in [-0.3, -0.25) is 0 Å². The molecular formula is C18H18N2O5. The van der Waals surface area contributed by atoms with Crippen LogP contribution in [0, 0.1) is 20.8 Å². The van der Waals surface area contributed by atoms with E-state index >= 15 is 0 Å². The Labute approximate surface area is 144 Å². The van der Waals surface area contributed by atoms with E-state index in [-0.39, 0.29) is 12.5 Å². The van der Waals surface area contributed by atoms with Crippen molar-refractivity contribution in [2.45, 2.75) is 27.4 Å². The number of benzene rings is 1. The van der Waals surface area contributed by atoms with Gasteiger partial charge in [0.05, 0.1) is 7.11 Å². The molecule has 0 saturated carbocycles. The number of hydrogen-bond acceptors (Lipinski definition) is 7. The Morgan fingerprint density at radius 3 is 2.44 bits per heavy atom. The van der Waals surface area contributed by atoms with Gasteiger partial charge < -0.3 is 18.4 Å². The van der Waals surface area contributed by atoms with E-state index < -0.39 is 5.97 Å². The maximum atomic E-state index is 12.2. The van der Waals surface area contributed by atoms with Crippen molar-refractivity contribution >= 4 is 5.97 Å². The average molecular weight is 342 g/mol. The fourth-order valence-electron chi connectivity index (χ4n) is 2.46. The van der Waals surface area contributed by atoms with Gasteiger partial charge in [-0.15, -0.1) is 0 Å². The zero-order chi connectivity index (χ0) is 18.0. The SMILES string of the molecule is COc1ccc(-c2noc(COC(=O)c3c(C)oc(C)c3C)n2)cc1. The minimum atomic E-state index is -0.476. The maximum absolute atomic E-state index is 12.2. The Balaban J connectivity index is 1.68. The smallest absolute Gasteiger partial charge is 0.342 e. The lowest BCUT2D eigenvalue weighted by Gasteiger charge is -2.01. The van der Waals surface area contributed by atoms with Crippen molar-refractivity contribution < 1.29 is 23.2 Å². The molecule has 0 bridgehead atoms. The van der Waals surface area contributed by atoms with Gasteiger partial charge in [-0.25, -0.2) is 4.79 Å². The summed E-state index contributed by atoms with van der Waals surface area (Å²) in [5, 5.41) is 3.90. The molecule has 7 nitrogen and oxygen atoms in total. The Kier molecular flexibility index (Phi) is 4.56. The van der Waals surface area contributed by atoms with Gasteiger partial charge in [0.15, 0.2) is 6.61 Å². The molecule has 130 valence electrons. The van der Waals surface area contributed by atoms with Crippen LogP contribution in [0.15, 0.2) is 33.2 Å². The summed E-state index contributed by atoms with van der Waals surface area (Å²) in [6.07, 6.45) is 0. The number of esters is 1. The fraction of sp³-hybridized carbons (Fsp3) is 0.278. The maximum Gasteiger partial charge on any atom is 0.342 e. The molecule has 0 N–H and O–H groups in total. The monoisotopic (exact) mass is 342 g/mol. The van der Waals surface area contributed by atoms with Crippen LogP contribution in [0.5, 0.6) is 5.75 Å². The zero-order valence-electron chi connectivity index (χ0n) is 14.5. The molecule has 7 heteroatoms. The number of methoxy groups -OCH3 is 1. The third kappa shape index (κ3) is 3.40. The molecule has 2 heterocycles. The molecule has 0 radical (unpaired) electrons. The Morgan fingerprint density at radius 2 is 1.84 bits per heavy atom. The minimum Gasteiger partial charge on any atom is -0.497 e. The molecule has 0 saturated heterocycles. The van der Waals surface area contributed by atoms with Gasteiger partial charge >= 0.3 is 5.97 Å². The summed E-state index contributed by atoms with van der Waals surface area (Å²) in [5.74, 6) is 2.13.